The molecule has 0 amide bonds. The van der Waals surface area contributed by atoms with Crippen molar-refractivity contribution in [1.29, 1.82) is 0 Å². The van der Waals surface area contributed by atoms with Gasteiger partial charge in [0.05, 0.1) is 9.29 Å². The first-order valence-electron chi connectivity index (χ1n) is 5.21. The van der Waals surface area contributed by atoms with Crippen LogP contribution in [0.4, 0.5) is 0 Å². The summed E-state index contributed by atoms with van der Waals surface area (Å²) in [4.78, 5) is 0. The highest BCUT2D eigenvalue weighted by molar-refractivity contribution is 5.21. The monoisotopic (exact) mass is 174 g/mol. The Kier molecular flexibility index (Phi) is 1.58. The maximum Gasteiger partial charge on any atom is 0.0837 e. The summed E-state index contributed by atoms with van der Waals surface area (Å²) in [6.07, 6.45) is 1.56. The van der Waals surface area contributed by atoms with Gasteiger partial charge in [0.15, 0.2) is 0 Å². The van der Waals surface area contributed by atoms with E-state index >= 15 is 0 Å². The smallest absolute Gasteiger partial charge is 0.0837 e. The molecule has 2 aromatic rings. The van der Waals surface area contributed by atoms with Crippen LogP contribution in [0.1, 0.15) is 13.9 Å². The van der Waals surface area contributed by atoms with Crippen molar-refractivity contribution in [3.8, 4) is 0 Å². The van der Waals surface area contributed by atoms with Crippen LogP contribution in [-0.4, -0.2) is 9.78 Å². The Labute approximate surface area is 80.6 Å². The molecular weight excluding hydrogens is 160 g/mol. The zero-order chi connectivity index (χ0) is 10.8. The Morgan fingerprint density at radius 3 is 2.77 bits per heavy atom. The lowest BCUT2D eigenvalue weighted by atomic mass is 10.1. The second-order valence-electron chi connectivity index (χ2n) is 3.04. The predicted octanol–water partition coefficient (Wildman–Crippen LogP) is 2.24. The van der Waals surface area contributed by atoms with E-state index in [-0.39, 0.29) is 12.2 Å². The summed E-state index contributed by atoms with van der Waals surface area (Å²) in [7, 11) is 0. The Morgan fingerprint density at radius 2 is 2.15 bits per heavy atom. The van der Waals surface area contributed by atoms with Crippen LogP contribution in [-0.2, 0) is 6.54 Å². The molecule has 0 bridgehead atoms. The summed E-state index contributed by atoms with van der Waals surface area (Å²) in [5.74, 6) is 0. The van der Waals surface area contributed by atoms with Gasteiger partial charge >= 0.3 is 0 Å². The van der Waals surface area contributed by atoms with Crippen LogP contribution in [0.2, 0.25) is 0 Å². The van der Waals surface area contributed by atoms with Crippen molar-refractivity contribution >= 4 is 0 Å². The van der Waals surface area contributed by atoms with Gasteiger partial charge in [-0.1, -0.05) is 29.8 Å². The van der Waals surface area contributed by atoms with Gasteiger partial charge in [0, 0.05) is 12.4 Å². The molecule has 0 aliphatic rings. The summed E-state index contributed by atoms with van der Waals surface area (Å²) < 4.78 is 16.5. The molecule has 0 spiro atoms. The molecule has 0 aliphatic heterocycles. The molecule has 13 heavy (non-hydrogen) atoms. The first kappa shape index (κ1) is 5.97. The molecule has 1 aromatic carbocycles. The molecule has 0 unspecified atom stereocenters. The second-order valence-corrected chi connectivity index (χ2v) is 3.04. The summed E-state index contributed by atoms with van der Waals surface area (Å²) in [6.45, 7) is 2.59. The van der Waals surface area contributed by atoms with E-state index in [0.29, 0.717) is 6.54 Å². The lowest BCUT2D eigenvalue weighted by Crippen LogP contribution is -1.99. The number of aromatic nitrogens is 2. The predicted molar refractivity (Wildman–Crippen MR) is 52.5 cm³/mol. The summed E-state index contributed by atoms with van der Waals surface area (Å²) in [6, 6.07) is 8.26. The second kappa shape index (κ2) is 3.44. The van der Waals surface area contributed by atoms with Gasteiger partial charge in [0.1, 0.15) is 0 Å². The van der Waals surface area contributed by atoms with Gasteiger partial charge in [-0.05, 0) is 18.5 Å². The SMILES string of the molecule is [2H]c1cnn(Cc2ccc(C)cc2)c1[2H]. The number of benzene rings is 1. The van der Waals surface area contributed by atoms with Gasteiger partial charge in [-0.3, -0.25) is 4.68 Å². The maximum atomic E-state index is 7.58. The maximum absolute atomic E-state index is 7.58. The minimum atomic E-state index is 0.163. The molecule has 0 saturated carbocycles. The summed E-state index contributed by atoms with van der Waals surface area (Å²) >= 11 is 0. The Morgan fingerprint density at radius 1 is 1.38 bits per heavy atom. The summed E-state index contributed by atoms with van der Waals surface area (Å²) in [5.41, 5.74) is 2.31. The molecular formula is C11H12N2. The molecule has 0 atom stereocenters. The van der Waals surface area contributed by atoms with Crippen molar-refractivity contribution in [2.75, 3.05) is 0 Å². The van der Waals surface area contributed by atoms with Crippen molar-refractivity contribution in [2.45, 2.75) is 13.5 Å². The highest BCUT2D eigenvalue weighted by atomic mass is 15.3. The van der Waals surface area contributed by atoms with Crippen LogP contribution < -0.4 is 0 Å². The molecule has 0 fully saturated rings. The van der Waals surface area contributed by atoms with E-state index in [0.717, 1.165) is 5.56 Å². The first-order valence-corrected chi connectivity index (χ1v) is 4.21. The zero-order valence-corrected chi connectivity index (χ0v) is 7.49. The molecule has 2 heteroatoms. The molecule has 1 heterocycles. The first-order chi connectivity index (χ1) is 7.16. The molecule has 0 saturated heterocycles. The highest BCUT2D eigenvalue weighted by Gasteiger charge is 1.93. The van der Waals surface area contributed by atoms with E-state index in [1.54, 1.807) is 0 Å². The molecule has 1 aromatic heterocycles. The topological polar surface area (TPSA) is 17.8 Å². The molecule has 0 radical (unpaired) electrons. The van der Waals surface area contributed by atoms with Crippen LogP contribution in [0.15, 0.2) is 42.7 Å². The third-order valence-corrected chi connectivity index (χ3v) is 1.91. The average molecular weight is 174 g/mol. The minimum absolute atomic E-state index is 0.163. The number of hydrogen-bond acceptors (Lipinski definition) is 1. The van der Waals surface area contributed by atoms with Crippen molar-refractivity contribution in [3.63, 3.8) is 0 Å². The minimum Gasteiger partial charge on any atom is -0.268 e. The van der Waals surface area contributed by atoms with Crippen molar-refractivity contribution in [2.24, 2.45) is 0 Å². The fourth-order valence-electron chi connectivity index (χ4n) is 1.18. The molecule has 0 aliphatic carbocycles. The lowest BCUT2D eigenvalue weighted by Gasteiger charge is -2.01. The lowest BCUT2D eigenvalue weighted by molar-refractivity contribution is 0.687. The van der Waals surface area contributed by atoms with E-state index in [1.807, 2.05) is 31.2 Å². The van der Waals surface area contributed by atoms with Gasteiger partial charge in [0.2, 0.25) is 0 Å². The number of nitrogens with zero attached hydrogens (tertiary/aromatic N) is 2. The summed E-state index contributed by atoms with van der Waals surface area (Å²) in [5, 5.41) is 3.97. The van der Waals surface area contributed by atoms with Gasteiger partial charge in [-0.25, -0.2) is 0 Å². The fourth-order valence-corrected chi connectivity index (χ4v) is 1.18. The van der Waals surface area contributed by atoms with Crippen LogP contribution in [0.25, 0.3) is 0 Å². The Bertz CT molecular complexity index is 460. The van der Waals surface area contributed by atoms with Crippen LogP contribution in [0.5, 0.6) is 0 Å². The molecule has 2 nitrogen and oxygen atoms in total. The molecule has 0 N–H and O–H groups in total. The number of rotatable bonds is 2. The van der Waals surface area contributed by atoms with Crippen molar-refractivity contribution < 1.29 is 2.74 Å². The fraction of sp³-hybridized carbons (Fsp3) is 0.182. The Hall–Kier alpha value is -1.57. The van der Waals surface area contributed by atoms with Gasteiger partial charge in [0.25, 0.3) is 0 Å². The van der Waals surface area contributed by atoms with E-state index in [1.165, 1.54) is 16.4 Å². The number of aryl methyl sites for hydroxylation is 1. The van der Waals surface area contributed by atoms with Gasteiger partial charge in [-0.15, -0.1) is 0 Å². The zero-order valence-electron chi connectivity index (χ0n) is 9.49. The van der Waals surface area contributed by atoms with Crippen LogP contribution >= 0.6 is 0 Å². The van der Waals surface area contributed by atoms with Crippen molar-refractivity contribution in [1.82, 2.24) is 9.78 Å². The van der Waals surface area contributed by atoms with Crippen LogP contribution in [0, 0.1) is 6.92 Å². The Balaban J connectivity index is 2.22. The average Bonchev–Trinajstić information content (AvgIpc) is 2.53. The normalized spacial score (nSPS) is 12.4. The molecule has 66 valence electrons. The third-order valence-electron chi connectivity index (χ3n) is 1.91. The quantitative estimate of drug-likeness (QED) is 0.682. The number of hydrogen-bond donors (Lipinski definition) is 0. The highest BCUT2D eigenvalue weighted by Crippen LogP contribution is 2.04. The third kappa shape index (κ3) is 1.96. The van der Waals surface area contributed by atoms with E-state index in [9.17, 15) is 0 Å². The largest absolute Gasteiger partial charge is 0.268 e. The van der Waals surface area contributed by atoms with E-state index in [2.05, 4.69) is 5.10 Å². The van der Waals surface area contributed by atoms with Gasteiger partial charge in [-0.2, -0.15) is 5.10 Å². The van der Waals surface area contributed by atoms with Crippen LogP contribution in [0.3, 0.4) is 0 Å². The standard InChI is InChI=1S/C11H12N2/c1-10-3-5-11(6-4-10)9-13-8-2-7-12-13/h2-8H,9H2,1H3/i2D,8D. The molecule has 2 rings (SSSR count). The van der Waals surface area contributed by atoms with E-state index in [4.69, 9.17) is 2.74 Å². The van der Waals surface area contributed by atoms with E-state index < -0.39 is 0 Å². The van der Waals surface area contributed by atoms with Crippen molar-refractivity contribution in [3.05, 3.63) is 53.8 Å². The van der Waals surface area contributed by atoms with Gasteiger partial charge < -0.3 is 0 Å².